The van der Waals surface area contributed by atoms with Crippen LogP contribution < -0.4 is 5.32 Å². The molecule has 2 aliphatic carbocycles. The highest BCUT2D eigenvalue weighted by atomic mass is 35.5. The lowest BCUT2D eigenvalue weighted by molar-refractivity contribution is -0.144. The normalized spacial score (nSPS) is 31.5. The third-order valence-corrected chi connectivity index (χ3v) is 5.16. The number of amides is 1. The van der Waals surface area contributed by atoms with Crippen molar-refractivity contribution in [2.45, 2.75) is 25.3 Å². The van der Waals surface area contributed by atoms with E-state index in [0.29, 0.717) is 0 Å². The molecule has 5 nitrogen and oxygen atoms in total. The van der Waals surface area contributed by atoms with E-state index in [-0.39, 0.29) is 39.7 Å². The van der Waals surface area contributed by atoms with Crippen molar-refractivity contribution >= 4 is 35.1 Å². The zero-order valence-electron chi connectivity index (χ0n) is 10.5. The second-order valence-electron chi connectivity index (χ2n) is 5.54. The van der Waals surface area contributed by atoms with Crippen LogP contribution in [-0.2, 0) is 4.79 Å². The summed E-state index contributed by atoms with van der Waals surface area (Å²) in [6.07, 6.45) is 2.80. The summed E-state index contributed by atoms with van der Waals surface area (Å²) in [5, 5.41) is 12.7. The minimum absolute atomic E-state index is 0.179. The molecule has 108 valence electrons. The summed E-state index contributed by atoms with van der Waals surface area (Å²) in [6, 6.07) is 1.14. The number of aromatic nitrogens is 1. The maximum absolute atomic E-state index is 12.2. The van der Waals surface area contributed by atoms with Gasteiger partial charge in [-0.25, -0.2) is 0 Å². The second kappa shape index (κ2) is 4.97. The van der Waals surface area contributed by atoms with Gasteiger partial charge < -0.3 is 15.4 Å². The quantitative estimate of drug-likeness (QED) is 0.801. The van der Waals surface area contributed by atoms with Gasteiger partial charge in [0.15, 0.2) is 0 Å². The van der Waals surface area contributed by atoms with Crippen molar-refractivity contribution in [2.24, 2.45) is 17.8 Å². The molecule has 2 saturated carbocycles. The van der Waals surface area contributed by atoms with Gasteiger partial charge in [0, 0.05) is 6.04 Å². The average molecular weight is 317 g/mol. The largest absolute Gasteiger partial charge is 0.481 e. The first-order chi connectivity index (χ1) is 9.47. The molecule has 4 atom stereocenters. The molecule has 1 aromatic heterocycles. The Morgan fingerprint density at radius 1 is 1.30 bits per heavy atom. The SMILES string of the molecule is O=C(NC1C2CCC(C2)C1C(=O)O)c1cc(Cl)c(Cl)[nH]1. The summed E-state index contributed by atoms with van der Waals surface area (Å²) in [5.41, 5.74) is 0.256. The fraction of sp³-hybridized carbons (Fsp3) is 0.538. The van der Waals surface area contributed by atoms with Gasteiger partial charge in [-0.2, -0.15) is 0 Å². The number of fused-ring (bicyclic) bond motifs is 2. The van der Waals surface area contributed by atoms with Crippen LogP contribution in [0.4, 0.5) is 0 Å². The van der Waals surface area contributed by atoms with Gasteiger partial charge in [-0.15, -0.1) is 0 Å². The minimum atomic E-state index is -0.829. The molecule has 0 radical (unpaired) electrons. The molecule has 7 heteroatoms. The Hall–Kier alpha value is -1.20. The first-order valence-electron chi connectivity index (χ1n) is 6.55. The number of carboxylic acids is 1. The second-order valence-corrected chi connectivity index (χ2v) is 6.33. The number of rotatable bonds is 3. The number of hydrogen-bond acceptors (Lipinski definition) is 2. The number of aliphatic carboxylic acids is 1. The molecule has 1 heterocycles. The molecule has 3 rings (SSSR count). The number of carbonyl (C=O) groups excluding carboxylic acids is 1. The zero-order chi connectivity index (χ0) is 14.4. The van der Waals surface area contributed by atoms with Crippen molar-refractivity contribution in [1.82, 2.24) is 10.3 Å². The number of hydrogen-bond donors (Lipinski definition) is 3. The van der Waals surface area contributed by atoms with Crippen molar-refractivity contribution in [3.05, 3.63) is 21.9 Å². The smallest absolute Gasteiger partial charge is 0.308 e. The molecule has 1 aromatic rings. The van der Waals surface area contributed by atoms with Crippen LogP contribution in [0.2, 0.25) is 10.2 Å². The van der Waals surface area contributed by atoms with E-state index in [2.05, 4.69) is 10.3 Å². The van der Waals surface area contributed by atoms with Crippen LogP contribution in [0, 0.1) is 17.8 Å². The molecule has 4 unspecified atom stereocenters. The molecule has 0 saturated heterocycles. The Kier molecular flexibility index (Phi) is 3.42. The van der Waals surface area contributed by atoms with E-state index in [4.69, 9.17) is 23.2 Å². The Morgan fingerprint density at radius 3 is 2.60 bits per heavy atom. The Balaban J connectivity index is 1.76. The Labute approximate surface area is 125 Å². The molecule has 2 fully saturated rings. The lowest BCUT2D eigenvalue weighted by atomic mass is 9.84. The molecule has 2 bridgehead atoms. The zero-order valence-corrected chi connectivity index (χ0v) is 12.0. The van der Waals surface area contributed by atoms with Gasteiger partial charge in [-0.05, 0) is 37.2 Å². The first-order valence-corrected chi connectivity index (χ1v) is 7.30. The van der Waals surface area contributed by atoms with Crippen molar-refractivity contribution in [3.8, 4) is 0 Å². The molecule has 0 spiro atoms. The van der Waals surface area contributed by atoms with Gasteiger partial charge in [0.25, 0.3) is 5.91 Å². The predicted octanol–water partition coefficient (Wildman–Crippen LogP) is 2.55. The van der Waals surface area contributed by atoms with E-state index in [9.17, 15) is 14.7 Å². The molecule has 0 aliphatic heterocycles. The minimum Gasteiger partial charge on any atom is -0.481 e. The number of aromatic amines is 1. The maximum atomic E-state index is 12.2. The highest BCUT2D eigenvalue weighted by Gasteiger charge is 2.51. The highest BCUT2D eigenvalue weighted by Crippen LogP contribution is 2.48. The van der Waals surface area contributed by atoms with Crippen LogP contribution in [0.25, 0.3) is 0 Å². The summed E-state index contributed by atoms with van der Waals surface area (Å²) >= 11 is 11.6. The number of H-pyrrole nitrogens is 1. The third-order valence-electron chi connectivity index (χ3n) is 4.47. The monoisotopic (exact) mass is 316 g/mol. The molecule has 0 aromatic carbocycles. The van der Waals surface area contributed by atoms with Gasteiger partial charge in [-0.3, -0.25) is 9.59 Å². The van der Waals surface area contributed by atoms with E-state index >= 15 is 0 Å². The summed E-state index contributed by atoms with van der Waals surface area (Å²) in [7, 11) is 0. The lowest BCUT2D eigenvalue weighted by Gasteiger charge is -2.28. The van der Waals surface area contributed by atoms with Crippen LogP contribution in [0.15, 0.2) is 6.07 Å². The number of halogens is 2. The van der Waals surface area contributed by atoms with Crippen LogP contribution in [-0.4, -0.2) is 28.0 Å². The van der Waals surface area contributed by atoms with E-state index < -0.39 is 11.9 Å². The number of carboxylic acid groups (broad SMARTS) is 1. The van der Waals surface area contributed by atoms with Crippen molar-refractivity contribution < 1.29 is 14.7 Å². The van der Waals surface area contributed by atoms with E-state index in [1.54, 1.807) is 0 Å². The van der Waals surface area contributed by atoms with Gasteiger partial charge in [0.05, 0.1) is 10.9 Å². The molecule has 20 heavy (non-hydrogen) atoms. The highest BCUT2D eigenvalue weighted by molar-refractivity contribution is 6.41. The first kappa shape index (κ1) is 13.8. The summed E-state index contributed by atoms with van der Waals surface area (Å²) in [4.78, 5) is 26.2. The van der Waals surface area contributed by atoms with Gasteiger partial charge in [0.1, 0.15) is 10.8 Å². The van der Waals surface area contributed by atoms with Crippen molar-refractivity contribution in [2.75, 3.05) is 0 Å². The molecular formula is C13H14Cl2N2O3. The van der Waals surface area contributed by atoms with Crippen molar-refractivity contribution in [3.63, 3.8) is 0 Å². The van der Waals surface area contributed by atoms with E-state index in [0.717, 1.165) is 19.3 Å². The van der Waals surface area contributed by atoms with Crippen LogP contribution in [0.3, 0.4) is 0 Å². The Bertz CT molecular complexity index is 552. The van der Waals surface area contributed by atoms with Crippen LogP contribution in [0.5, 0.6) is 0 Å². The number of carbonyl (C=O) groups is 2. The standard InChI is InChI=1S/C13H14Cl2N2O3/c14-7-4-8(16-11(7)15)12(18)17-10-6-2-1-5(3-6)9(10)13(19)20/h4-6,9-10,16H,1-3H2,(H,17,18)(H,19,20). The van der Waals surface area contributed by atoms with Gasteiger partial charge >= 0.3 is 5.97 Å². The summed E-state index contributed by atoms with van der Waals surface area (Å²) in [5.74, 6) is -1.24. The fourth-order valence-corrected chi connectivity index (χ4v) is 3.92. The molecule has 1 amide bonds. The summed E-state index contributed by atoms with van der Waals surface area (Å²) < 4.78 is 0. The number of nitrogens with one attached hydrogen (secondary N) is 2. The van der Waals surface area contributed by atoms with Crippen LogP contribution in [0.1, 0.15) is 29.8 Å². The average Bonchev–Trinajstić information content (AvgIpc) is 3.05. The molecule has 3 N–H and O–H groups in total. The molecule has 2 aliphatic rings. The Morgan fingerprint density at radius 2 is 2.00 bits per heavy atom. The predicted molar refractivity (Wildman–Crippen MR) is 74.0 cm³/mol. The topological polar surface area (TPSA) is 82.2 Å². The van der Waals surface area contributed by atoms with E-state index in [1.165, 1.54) is 6.07 Å². The lowest BCUT2D eigenvalue weighted by Crippen LogP contribution is -2.46. The van der Waals surface area contributed by atoms with Crippen molar-refractivity contribution in [1.29, 1.82) is 0 Å². The van der Waals surface area contributed by atoms with Gasteiger partial charge in [0.2, 0.25) is 0 Å². The van der Waals surface area contributed by atoms with Crippen LogP contribution >= 0.6 is 23.2 Å². The van der Waals surface area contributed by atoms with E-state index in [1.807, 2.05) is 0 Å². The fourth-order valence-electron chi connectivity index (χ4n) is 3.61. The summed E-state index contributed by atoms with van der Waals surface area (Å²) in [6.45, 7) is 0. The third kappa shape index (κ3) is 2.19. The maximum Gasteiger partial charge on any atom is 0.308 e. The van der Waals surface area contributed by atoms with Gasteiger partial charge in [-0.1, -0.05) is 23.2 Å². The molecular weight excluding hydrogens is 303 g/mol.